The van der Waals surface area contributed by atoms with Gasteiger partial charge in [-0.05, 0) is 82.9 Å². The molecular formula is C79H178. The van der Waals surface area contributed by atoms with Gasteiger partial charge in [0.05, 0.1) is 0 Å². The Bertz CT molecular complexity index is 883. The van der Waals surface area contributed by atoms with Gasteiger partial charge in [0.15, 0.2) is 0 Å². The van der Waals surface area contributed by atoms with E-state index in [0.717, 1.165) is 59.2 Å². The molecule has 0 aliphatic heterocycles. The monoisotopic (exact) mass is 1130 g/mol. The van der Waals surface area contributed by atoms with Crippen molar-refractivity contribution in [3.8, 4) is 0 Å². The molecule has 4 unspecified atom stereocenters. The number of hydrogen-bond donors (Lipinski definition) is 0. The van der Waals surface area contributed by atoms with E-state index in [1.807, 2.05) is 0 Å². The third-order valence-corrected chi connectivity index (χ3v) is 15.2. The molecule has 0 spiro atoms. The molecule has 0 saturated heterocycles. The van der Waals surface area contributed by atoms with Gasteiger partial charge in [-0.2, -0.15) is 0 Å². The minimum atomic E-state index is 0.500. The van der Waals surface area contributed by atoms with Gasteiger partial charge in [-0.1, -0.05) is 434 Å². The molecule has 0 N–H and O–H groups in total. The molecule has 2 saturated carbocycles. The van der Waals surface area contributed by atoms with Crippen molar-refractivity contribution in [2.45, 2.75) is 447 Å². The summed E-state index contributed by atoms with van der Waals surface area (Å²) >= 11 is 0. The van der Waals surface area contributed by atoms with Crippen molar-refractivity contribution in [1.29, 1.82) is 0 Å². The van der Waals surface area contributed by atoms with Crippen LogP contribution in [0, 0.1) is 70.0 Å². The van der Waals surface area contributed by atoms with Crippen LogP contribution in [0.15, 0.2) is 0 Å². The van der Waals surface area contributed by atoms with E-state index in [4.69, 9.17) is 0 Å². The summed E-state index contributed by atoms with van der Waals surface area (Å²) in [6.07, 6.45) is 46.1. The van der Waals surface area contributed by atoms with Gasteiger partial charge in [0.25, 0.3) is 0 Å². The Hall–Kier alpha value is 0. The Morgan fingerprint density at radius 1 is 0.342 bits per heavy atom. The Morgan fingerprint density at radius 3 is 0.886 bits per heavy atom. The smallest absolute Gasteiger partial charge is 0.0365 e. The lowest BCUT2D eigenvalue weighted by Crippen LogP contribution is -2.25. The molecule has 0 aromatic rings. The fourth-order valence-corrected chi connectivity index (χ4v) is 7.96. The van der Waals surface area contributed by atoms with E-state index in [9.17, 15) is 0 Å². The minimum absolute atomic E-state index is 0.500. The van der Waals surface area contributed by atoms with E-state index in [1.54, 1.807) is 0 Å². The summed E-state index contributed by atoms with van der Waals surface area (Å²) in [4.78, 5) is 0. The SMILES string of the molecule is CC(C)(C)C.CC1CCC(C(C)C)C(C)C1.CC1CCCCC1.CCC(C)(C)C.CCC(C)C.CCC(C)CC.CCCC.CCCC(C)C.CCCCC.CCCCC(C)C.CCCCCC.CCCCCC(CC)CCC. The molecule has 2 rings (SSSR count). The summed E-state index contributed by atoms with van der Waals surface area (Å²) in [6.45, 7) is 76.7. The van der Waals surface area contributed by atoms with Crippen LogP contribution < -0.4 is 0 Å². The van der Waals surface area contributed by atoms with Gasteiger partial charge in [-0.25, -0.2) is 0 Å². The van der Waals surface area contributed by atoms with Crippen molar-refractivity contribution >= 4 is 0 Å². The predicted octanol–water partition coefficient (Wildman–Crippen LogP) is 31.5. The molecule has 0 amide bonds. The first-order valence-corrected chi connectivity index (χ1v) is 36.8. The first-order chi connectivity index (χ1) is 36.8. The third-order valence-electron chi connectivity index (χ3n) is 15.2. The van der Waals surface area contributed by atoms with Crippen molar-refractivity contribution in [3.05, 3.63) is 0 Å². The molecule has 0 heterocycles. The highest BCUT2D eigenvalue weighted by Gasteiger charge is 2.27. The van der Waals surface area contributed by atoms with Gasteiger partial charge in [0, 0.05) is 0 Å². The van der Waals surface area contributed by atoms with Crippen LogP contribution in [0.25, 0.3) is 0 Å². The van der Waals surface area contributed by atoms with E-state index in [0.29, 0.717) is 10.8 Å². The maximum atomic E-state index is 2.43. The molecule has 494 valence electrons. The van der Waals surface area contributed by atoms with E-state index < -0.39 is 0 Å². The second-order valence-corrected chi connectivity index (χ2v) is 29.5. The average Bonchev–Trinajstić information content (AvgIpc) is 3.38. The zero-order valence-electron chi connectivity index (χ0n) is 64.1. The fraction of sp³-hybridized carbons (Fsp3) is 1.00. The van der Waals surface area contributed by atoms with Crippen LogP contribution in [0.5, 0.6) is 0 Å². The molecule has 2 aliphatic carbocycles. The highest BCUT2D eigenvalue weighted by molar-refractivity contribution is 4.77. The van der Waals surface area contributed by atoms with Gasteiger partial charge in [-0.15, -0.1) is 0 Å². The van der Waals surface area contributed by atoms with Crippen molar-refractivity contribution in [1.82, 2.24) is 0 Å². The zero-order valence-corrected chi connectivity index (χ0v) is 64.1. The zero-order chi connectivity index (χ0) is 64.1. The van der Waals surface area contributed by atoms with Crippen molar-refractivity contribution in [3.63, 3.8) is 0 Å². The van der Waals surface area contributed by atoms with E-state index in [1.165, 1.54) is 212 Å². The van der Waals surface area contributed by atoms with Crippen LogP contribution in [-0.2, 0) is 0 Å². The summed E-state index contributed by atoms with van der Waals surface area (Å²) < 4.78 is 0. The quantitative estimate of drug-likeness (QED) is 0.0948. The van der Waals surface area contributed by atoms with Crippen LogP contribution in [0.2, 0.25) is 0 Å². The van der Waals surface area contributed by atoms with Crippen LogP contribution in [0.4, 0.5) is 0 Å². The van der Waals surface area contributed by atoms with E-state index >= 15 is 0 Å². The minimum Gasteiger partial charge on any atom is -0.0654 e. The summed E-state index contributed by atoms with van der Waals surface area (Å²) in [5.41, 5.74) is 1.04. The lowest BCUT2D eigenvalue weighted by molar-refractivity contribution is 0.158. The summed E-state index contributed by atoms with van der Waals surface area (Å²) in [5.74, 6) is 9.54. The Labute approximate surface area is 514 Å². The van der Waals surface area contributed by atoms with Gasteiger partial charge >= 0.3 is 0 Å². The Morgan fingerprint density at radius 2 is 0.709 bits per heavy atom. The summed E-state index contributed by atoms with van der Waals surface area (Å²) in [6, 6.07) is 0. The van der Waals surface area contributed by atoms with Gasteiger partial charge < -0.3 is 0 Å². The van der Waals surface area contributed by atoms with Crippen LogP contribution in [0.1, 0.15) is 447 Å². The maximum Gasteiger partial charge on any atom is -0.0365 e. The highest BCUT2D eigenvalue weighted by atomic mass is 14.3. The molecule has 4 atom stereocenters. The van der Waals surface area contributed by atoms with Crippen molar-refractivity contribution < 1.29 is 0 Å². The van der Waals surface area contributed by atoms with Gasteiger partial charge in [-0.3, -0.25) is 0 Å². The predicted molar refractivity (Wildman–Crippen MR) is 385 cm³/mol. The standard InChI is InChI=1S/C11H22.C11H24.C7H14.C7H16.4C6H14.3C5H12.C4H10/c1-8(2)11-6-5-9(3)7-10(11)4;1-4-7-8-10-11(6-3)9-5-2;1-7-5-3-2-4-6-7;1-4-5-6-7(2)3;1-5-6(2,3)4;1-4-5-6(2)3;1-4-6(3)5-2;1-3-5-6-4-2;1-5(2,3)4;1-4-5(2)3;1-3-5-4-2;1-3-4-2/h8-11H,5-7H2,1-4H3;11H,4-10H2,1-3H3;7H,2-6H2,1H3;7H,4-6H2,1-3H3;5H2,1-4H3;2*6H,4-5H2,1-3H3;3-6H2,1-2H3;1-4H3;5H,4H2,1-3H3;3-5H2,1-2H3;3-4H2,1-2H3. The highest BCUT2D eigenvalue weighted by Crippen LogP contribution is 2.37. The molecule has 0 aromatic carbocycles. The maximum absolute atomic E-state index is 2.43. The van der Waals surface area contributed by atoms with Gasteiger partial charge in [0.1, 0.15) is 0 Å². The van der Waals surface area contributed by atoms with E-state index in [-0.39, 0.29) is 0 Å². The molecule has 0 aromatic heterocycles. The largest absolute Gasteiger partial charge is 0.0654 e. The summed E-state index contributed by atoms with van der Waals surface area (Å²) in [7, 11) is 0. The van der Waals surface area contributed by atoms with Crippen LogP contribution in [-0.4, -0.2) is 0 Å². The Kier molecular flexibility index (Phi) is 105. The molecular weight excluding hydrogens is 949 g/mol. The number of hydrogen-bond acceptors (Lipinski definition) is 0. The molecule has 0 bridgehead atoms. The second-order valence-electron chi connectivity index (χ2n) is 29.5. The molecule has 79 heavy (non-hydrogen) atoms. The Balaban J connectivity index is -0.0000000833. The topological polar surface area (TPSA) is 0 Å². The first kappa shape index (κ1) is 101. The fourth-order valence-electron chi connectivity index (χ4n) is 7.96. The van der Waals surface area contributed by atoms with Crippen LogP contribution >= 0.6 is 0 Å². The number of unbranched alkanes of at least 4 members (excludes halogenated alkanes) is 9. The lowest BCUT2D eigenvalue weighted by atomic mass is 9.71. The molecule has 2 fully saturated rings. The number of rotatable bonds is 22. The second kappa shape index (κ2) is 82.2. The summed E-state index contributed by atoms with van der Waals surface area (Å²) in [5, 5.41) is 0. The third kappa shape index (κ3) is 139. The van der Waals surface area contributed by atoms with Crippen molar-refractivity contribution in [2.75, 3.05) is 0 Å². The molecule has 2 aliphatic rings. The first-order valence-electron chi connectivity index (χ1n) is 36.8. The van der Waals surface area contributed by atoms with Gasteiger partial charge in [0.2, 0.25) is 0 Å². The molecule has 0 nitrogen and oxygen atoms in total. The normalized spacial score (nSPS) is 15.9. The van der Waals surface area contributed by atoms with Crippen LogP contribution in [0.3, 0.4) is 0 Å². The molecule has 0 radical (unpaired) electrons. The molecule has 0 heteroatoms. The average molecular weight is 1130 g/mol. The van der Waals surface area contributed by atoms with Crippen molar-refractivity contribution in [2.24, 2.45) is 70.0 Å². The van der Waals surface area contributed by atoms with E-state index in [2.05, 4.69) is 235 Å². The lowest BCUT2D eigenvalue weighted by Gasteiger charge is -2.35.